The van der Waals surface area contributed by atoms with Crippen LogP contribution in [0.5, 0.6) is 0 Å². The minimum Gasteiger partial charge on any atom is -0.316 e. The molecule has 1 N–H and O–H groups in total. The molecular formula is C11H21N. The number of hydrogen-bond acceptors (Lipinski definition) is 1. The molecule has 0 saturated heterocycles. The molecule has 1 aliphatic carbocycles. The zero-order valence-electron chi connectivity index (χ0n) is 8.40. The van der Waals surface area contributed by atoms with E-state index < -0.39 is 0 Å². The molecule has 1 aliphatic rings. The van der Waals surface area contributed by atoms with Crippen LogP contribution in [0.1, 0.15) is 33.1 Å². The topological polar surface area (TPSA) is 12.0 Å². The molecule has 1 saturated carbocycles. The van der Waals surface area contributed by atoms with Gasteiger partial charge in [0.1, 0.15) is 0 Å². The van der Waals surface area contributed by atoms with Gasteiger partial charge in [0.2, 0.25) is 0 Å². The van der Waals surface area contributed by atoms with Crippen LogP contribution in [-0.2, 0) is 0 Å². The molecule has 0 amide bonds. The van der Waals surface area contributed by atoms with Crippen LogP contribution in [-0.4, -0.2) is 13.1 Å². The molecule has 0 spiro atoms. The van der Waals surface area contributed by atoms with Crippen LogP contribution >= 0.6 is 0 Å². The minimum absolute atomic E-state index is 0.342. The molecule has 12 heavy (non-hydrogen) atoms. The Bertz CT molecular complexity index is 149. The number of rotatable bonds is 5. The van der Waals surface area contributed by atoms with Gasteiger partial charge in [-0.2, -0.15) is 0 Å². The van der Waals surface area contributed by atoms with Crippen LogP contribution in [0, 0.1) is 11.3 Å². The lowest BCUT2D eigenvalue weighted by Crippen LogP contribution is -2.39. The lowest BCUT2D eigenvalue weighted by atomic mass is 9.66. The van der Waals surface area contributed by atoms with Gasteiger partial charge in [-0.25, -0.2) is 0 Å². The summed E-state index contributed by atoms with van der Waals surface area (Å²) in [6.07, 6.45) is 6.35. The summed E-state index contributed by atoms with van der Waals surface area (Å²) >= 11 is 0. The van der Waals surface area contributed by atoms with E-state index in [2.05, 4.69) is 31.8 Å². The fourth-order valence-corrected chi connectivity index (χ4v) is 1.85. The van der Waals surface area contributed by atoms with E-state index in [1.165, 1.54) is 19.3 Å². The fraction of sp³-hybridized carbons (Fsp3) is 0.818. The second-order valence-corrected chi connectivity index (χ2v) is 4.12. The molecule has 0 aliphatic heterocycles. The third kappa shape index (κ3) is 1.89. The third-order valence-corrected chi connectivity index (χ3v) is 3.26. The standard InChI is InChI=1S/C11H21N/c1-4-11(3,9-12-5-2)10-7-6-8-10/h4,10,12H,1,5-9H2,2-3H3. The van der Waals surface area contributed by atoms with Crippen molar-refractivity contribution < 1.29 is 0 Å². The minimum atomic E-state index is 0.342. The van der Waals surface area contributed by atoms with Crippen LogP contribution < -0.4 is 5.32 Å². The smallest absolute Gasteiger partial charge is 0.00423 e. The SMILES string of the molecule is C=CC(C)(CNCC)C1CCC1. The molecular weight excluding hydrogens is 146 g/mol. The van der Waals surface area contributed by atoms with Gasteiger partial charge >= 0.3 is 0 Å². The zero-order valence-corrected chi connectivity index (χ0v) is 8.40. The summed E-state index contributed by atoms with van der Waals surface area (Å²) in [5.74, 6) is 0.883. The maximum atomic E-state index is 3.95. The third-order valence-electron chi connectivity index (χ3n) is 3.26. The summed E-state index contributed by atoms with van der Waals surface area (Å²) in [4.78, 5) is 0. The van der Waals surface area contributed by atoms with E-state index in [1.54, 1.807) is 0 Å². The first kappa shape index (κ1) is 9.79. The molecule has 1 fully saturated rings. The Labute approximate surface area is 76.2 Å². The molecule has 1 atom stereocenters. The maximum Gasteiger partial charge on any atom is 0.00423 e. The van der Waals surface area contributed by atoms with Gasteiger partial charge in [-0.05, 0) is 25.3 Å². The predicted octanol–water partition coefficient (Wildman–Crippen LogP) is 2.59. The Balaban J connectivity index is 2.42. The molecule has 1 nitrogen and oxygen atoms in total. The molecule has 1 unspecified atom stereocenters. The van der Waals surface area contributed by atoms with E-state index in [1.807, 2.05) is 0 Å². The van der Waals surface area contributed by atoms with Crippen LogP contribution in [0.3, 0.4) is 0 Å². The Hall–Kier alpha value is -0.300. The molecule has 1 heteroatoms. The van der Waals surface area contributed by atoms with E-state index in [4.69, 9.17) is 0 Å². The first-order chi connectivity index (χ1) is 5.73. The number of hydrogen-bond donors (Lipinski definition) is 1. The lowest BCUT2D eigenvalue weighted by molar-refractivity contribution is 0.148. The summed E-state index contributed by atoms with van der Waals surface area (Å²) in [6, 6.07) is 0. The van der Waals surface area contributed by atoms with Crippen molar-refractivity contribution in [3.05, 3.63) is 12.7 Å². The van der Waals surface area contributed by atoms with Crippen molar-refractivity contribution in [3.63, 3.8) is 0 Å². The Kier molecular flexibility index (Phi) is 3.33. The zero-order chi connectivity index (χ0) is 9.03. The quantitative estimate of drug-likeness (QED) is 0.621. The normalized spacial score (nSPS) is 22.8. The first-order valence-corrected chi connectivity index (χ1v) is 5.07. The molecule has 0 aromatic carbocycles. The molecule has 1 rings (SSSR count). The van der Waals surface area contributed by atoms with Gasteiger partial charge in [0.05, 0.1) is 0 Å². The van der Waals surface area contributed by atoms with Crippen LogP contribution in [0.2, 0.25) is 0 Å². The summed E-state index contributed by atoms with van der Waals surface area (Å²) in [5.41, 5.74) is 0.342. The second kappa shape index (κ2) is 4.08. The summed E-state index contributed by atoms with van der Waals surface area (Å²) < 4.78 is 0. The average Bonchev–Trinajstić information content (AvgIpc) is 1.98. The second-order valence-electron chi connectivity index (χ2n) is 4.12. The highest BCUT2D eigenvalue weighted by Crippen LogP contribution is 2.42. The summed E-state index contributed by atoms with van der Waals surface area (Å²) in [7, 11) is 0. The Morgan fingerprint density at radius 3 is 2.58 bits per heavy atom. The van der Waals surface area contributed by atoms with Crippen molar-refractivity contribution in [2.45, 2.75) is 33.1 Å². The maximum absolute atomic E-state index is 3.95. The van der Waals surface area contributed by atoms with Gasteiger partial charge in [-0.3, -0.25) is 0 Å². The molecule has 0 heterocycles. The van der Waals surface area contributed by atoms with Crippen LogP contribution in [0.4, 0.5) is 0 Å². The highest BCUT2D eigenvalue weighted by atomic mass is 14.9. The highest BCUT2D eigenvalue weighted by Gasteiger charge is 2.34. The van der Waals surface area contributed by atoms with E-state index in [0.717, 1.165) is 19.0 Å². The van der Waals surface area contributed by atoms with Gasteiger partial charge in [-0.15, -0.1) is 6.58 Å². The van der Waals surface area contributed by atoms with Crippen molar-refractivity contribution in [2.75, 3.05) is 13.1 Å². The van der Waals surface area contributed by atoms with Gasteiger partial charge in [0.25, 0.3) is 0 Å². The van der Waals surface area contributed by atoms with E-state index >= 15 is 0 Å². The highest BCUT2D eigenvalue weighted by molar-refractivity contribution is 5.00. The van der Waals surface area contributed by atoms with Gasteiger partial charge in [-0.1, -0.05) is 26.3 Å². The van der Waals surface area contributed by atoms with Crippen molar-refractivity contribution in [1.82, 2.24) is 5.32 Å². The van der Waals surface area contributed by atoms with E-state index in [0.29, 0.717) is 5.41 Å². The van der Waals surface area contributed by atoms with E-state index in [-0.39, 0.29) is 0 Å². The number of nitrogens with one attached hydrogen (secondary N) is 1. The van der Waals surface area contributed by atoms with Crippen molar-refractivity contribution in [2.24, 2.45) is 11.3 Å². The first-order valence-electron chi connectivity index (χ1n) is 5.07. The molecule has 70 valence electrons. The Morgan fingerprint density at radius 2 is 2.25 bits per heavy atom. The monoisotopic (exact) mass is 167 g/mol. The van der Waals surface area contributed by atoms with Crippen molar-refractivity contribution >= 4 is 0 Å². The van der Waals surface area contributed by atoms with Crippen LogP contribution in [0.25, 0.3) is 0 Å². The molecule has 0 aromatic rings. The fourth-order valence-electron chi connectivity index (χ4n) is 1.85. The molecule has 0 aromatic heterocycles. The summed E-state index contributed by atoms with van der Waals surface area (Å²) in [5, 5.41) is 3.42. The van der Waals surface area contributed by atoms with Gasteiger partial charge in [0, 0.05) is 12.0 Å². The average molecular weight is 167 g/mol. The van der Waals surface area contributed by atoms with Crippen molar-refractivity contribution in [1.29, 1.82) is 0 Å². The largest absolute Gasteiger partial charge is 0.316 e. The Morgan fingerprint density at radius 1 is 1.58 bits per heavy atom. The molecule has 0 radical (unpaired) electrons. The van der Waals surface area contributed by atoms with Gasteiger partial charge < -0.3 is 5.32 Å². The van der Waals surface area contributed by atoms with E-state index in [9.17, 15) is 0 Å². The van der Waals surface area contributed by atoms with Gasteiger partial charge in [0.15, 0.2) is 0 Å². The lowest BCUT2D eigenvalue weighted by Gasteiger charge is -2.41. The van der Waals surface area contributed by atoms with Crippen molar-refractivity contribution in [3.8, 4) is 0 Å². The predicted molar refractivity (Wildman–Crippen MR) is 54.2 cm³/mol. The molecule has 0 bridgehead atoms. The summed E-state index contributed by atoms with van der Waals surface area (Å²) in [6.45, 7) is 10.6. The van der Waals surface area contributed by atoms with Crippen LogP contribution in [0.15, 0.2) is 12.7 Å².